The summed E-state index contributed by atoms with van der Waals surface area (Å²) in [5.41, 5.74) is 4.20. The van der Waals surface area contributed by atoms with Gasteiger partial charge in [0.2, 0.25) is 0 Å². The molecule has 44 heavy (non-hydrogen) atoms. The molecule has 0 aliphatic carbocycles. The van der Waals surface area contributed by atoms with Crippen LogP contribution in [0.4, 0.5) is 20.2 Å². The molecule has 0 spiro atoms. The number of carbonyl (C=O) groups excluding carboxylic acids is 3. The molecule has 0 fully saturated rings. The second-order valence-corrected chi connectivity index (χ2v) is 12.7. The summed E-state index contributed by atoms with van der Waals surface area (Å²) in [7, 11) is 0. The summed E-state index contributed by atoms with van der Waals surface area (Å²) in [6, 6.07) is 15.5. The third-order valence-corrected chi connectivity index (χ3v) is 10.1. The lowest BCUT2D eigenvalue weighted by Gasteiger charge is -2.21. The van der Waals surface area contributed by atoms with E-state index in [2.05, 4.69) is 10.3 Å². The fourth-order valence-electron chi connectivity index (χ4n) is 5.03. The molecular formula is C33H24ClF2N3O3S2. The van der Waals surface area contributed by atoms with Gasteiger partial charge in [-0.1, -0.05) is 17.7 Å². The van der Waals surface area contributed by atoms with E-state index in [1.807, 2.05) is 25.3 Å². The van der Waals surface area contributed by atoms with E-state index in [1.54, 1.807) is 41.3 Å². The van der Waals surface area contributed by atoms with Crippen LogP contribution in [0.15, 0.2) is 66.0 Å². The molecule has 1 aliphatic rings. The van der Waals surface area contributed by atoms with Crippen LogP contribution in [0.2, 0.25) is 5.15 Å². The van der Waals surface area contributed by atoms with Crippen molar-refractivity contribution in [2.24, 2.45) is 0 Å². The largest absolute Gasteiger partial charge is 0.322 e. The average Bonchev–Trinajstić information content (AvgIpc) is 3.62. The van der Waals surface area contributed by atoms with Crippen LogP contribution in [0.5, 0.6) is 0 Å². The van der Waals surface area contributed by atoms with Gasteiger partial charge >= 0.3 is 0 Å². The smallest absolute Gasteiger partial charge is 0.258 e. The zero-order chi connectivity index (χ0) is 31.1. The fraction of sp³-hybridized carbons (Fsp3) is 0.152. The van der Waals surface area contributed by atoms with Crippen LogP contribution in [0.3, 0.4) is 0 Å². The van der Waals surface area contributed by atoms with E-state index >= 15 is 0 Å². The predicted molar refractivity (Wildman–Crippen MR) is 171 cm³/mol. The summed E-state index contributed by atoms with van der Waals surface area (Å²) >= 11 is 8.93. The molecule has 1 N–H and O–H groups in total. The summed E-state index contributed by atoms with van der Waals surface area (Å²) in [4.78, 5) is 47.6. The first-order valence-corrected chi connectivity index (χ1v) is 15.7. The number of aromatic nitrogens is 1. The Morgan fingerprint density at radius 1 is 1.00 bits per heavy atom. The summed E-state index contributed by atoms with van der Waals surface area (Å²) < 4.78 is 28.3. The van der Waals surface area contributed by atoms with Gasteiger partial charge in [-0.05, 0) is 91.4 Å². The van der Waals surface area contributed by atoms with Crippen molar-refractivity contribution in [3.8, 4) is 9.75 Å². The maximum absolute atomic E-state index is 14.2. The van der Waals surface area contributed by atoms with Crippen LogP contribution in [-0.4, -0.2) is 29.1 Å². The van der Waals surface area contributed by atoms with Crippen molar-refractivity contribution in [2.45, 2.75) is 26.7 Å². The monoisotopic (exact) mass is 647 g/mol. The molecule has 0 atom stereocenters. The van der Waals surface area contributed by atoms with Crippen LogP contribution in [0.25, 0.3) is 9.75 Å². The third kappa shape index (κ3) is 5.68. The summed E-state index contributed by atoms with van der Waals surface area (Å²) in [6.07, 6.45) is 0.129. The highest BCUT2D eigenvalue weighted by Crippen LogP contribution is 2.45. The number of nitrogens with zero attached hydrogens (tertiary/aromatic N) is 2. The number of rotatable bonds is 6. The first-order valence-electron chi connectivity index (χ1n) is 13.6. The van der Waals surface area contributed by atoms with E-state index in [1.165, 1.54) is 28.7 Å². The highest BCUT2D eigenvalue weighted by molar-refractivity contribution is 7.23. The molecule has 0 unspecified atom stereocenters. The summed E-state index contributed by atoms with van der Waals surface area (Å²) in [5.74, 6) is -2.45. The van der Waals surface area contributed by atoms with Crippen molar-refractivity contribution in [1.82, 2.24) is 4.98 Å². The zero-order valence-corrected chi connectivity index (χ0v) is 25.9. The van der Waals surface area contributed by atoms with Crippen molar-refractivity contribution in [3.63, 3.8) is 0 Å². The predicted octanol–water partition coefficient (Wildman–Crippen LogP) is 8.30. The van der Waals surface area contributed by atoms with Gasteiger partial charge in [-0.3, -0.25) is 14.4 Å². The van der Waals surface area contributed by atoms with E-state index in [0.717, 1.165) is 44.4 Å². The first kappa shape index (κ1) is 29.8. The Balaban J connectivity index is 1.19. The molecule has 3 aromatic heterocycles. The van der Waals surface area contributed by atoms with Crippen LogP contribution < -0.4 is 10.2 Å². The van der Waals surface area contributed by atoms with E-state index < -0.39 is 17.5 Å². The van der Waals surface area contributed by atoms with Crippen molar-refractivity contribution < 1.29 is 23.2 Å². The normalized spacial score (nSPS) is 12.3. The Labute approximate surface area is 265 Å². The molecular weight excluding hydrogens is 624 g/mol. The number of benzene rings is 2. The number of carbonyl (C=O) groups is 3. The van der Waals surface area contributed by atoms with Crippen LogP contribution in [-0.2, 0) is 12.8 Å². The van der Waals surface area contributed by atoms with E-state index in [9.17, 15) is 23.2 Å². The fourth-order valence-corrected chi connectivity index (χ4v) is 7.53. The zero-order valence-electron chi connectivity index (χ0n) is 23.5. The summed E-state index contributed by atoms with van der Waals surface area (Å²) in [6.45, 7) is 4.05. The highest BCUT2D eigenvalue weighted by atomic mass is 35.5. The molecule has 0 saturated carbocycles. The van der Waals surface area contributed by atoms with E-state index in [0.29, 0.717) is 29.1 Å². The number of halogens is 3. The molecule has 6 nitrogen and oxygen atoms in total. The molecule has 0 radical (unpaired) electrons. The van der Waals surface area contributed by atoms with Gasteiger partial charge in [-0.25, -0.2) is 13.8 Å². The Morgan fingerprint density at radius 2 is 1.73 bits per heavy atom. The minimum atomic E-state index is -0.746. The van der Waals surface area contributed by atoms with Crippen LogP contribution >= 0.6 is 34.3 Å². The number of ketones is 1. The molecule has 2 aromatic carbocycles. The minimum Gasteiger partial charge on any atom is -0.322 e. The second-order valence-electron chi connectivity index (χ2n) is 10.4. The SMILES string of the molecule is Cc1cc(C(=O)Nc2ccc(C(=O)N3CCc4cc(C(=O)Cc5c(F)cccc5F)sc4-c4sccc43)cc2)c(Cl)nc1C. The Morgan fingerprint density at radius 3 is 2.45 bits per heavy atom. The molecule has 0 saturated heterocycles. The van der Waals surface area contributed by atoms with E-state index in [4.69, 9.17) is 11.6 Å². The Bertz CT molecular complexity index is 1930. The molecule has 222 valence electrons. The molecule has 11 heteroatoms. The van der Waals surface area contributed by atoms with Crippen LogP contribution in [0.1, 0.15) is 52.8 Å². The quantitative estimate of drug-likeness (QED) is 0.149. The lowest BCUT2D eigenvalue weighted by atomic mass is 10.1. The van der Waals surface area contributed by atoms with Gasteiger partial charge < -0.3 is 10.2 Å². The molecule has 4 heterocycles. The number of nitrogens with one attached hydrogen (secondary N) is 1. The number of pyridine rings is 1. The number of Topliss-reactive ketones (excluding diaryl/α,β-unsaturated/α-hetero) is 1. The Hall–Kier alpha value is -4.25. The highest BCUT2D eigenvalue weighted by Gasteiger charge is 2.29. The van der Waals surface area contributed by atoms with Gasteiger partial charge in [-0.15, -0.1) is 22.7 Å². The van der Waals surface area contributed by atoms with Crippen molar-refractivity contribution >= 4 is 63.2 Å². The average molecular weight is 648 g/mol. The number of hydrogen-bond acceptors (Lipinski definition) is 6. The number of hydrogen-bond donors (Lipinski definition) is 1. The van der Waals surface area contributed by atoms with Crippen molar-refractivity contribution in [3.05, 3.63) is 121 Å². The van der Waals surface area contributed by atoms with Gasteiger partial charge in [0.15, 0.2) is 5.78 Å². The molecule has 5 aromatic rings. The molecule has 1 aliphatic heterocycles. The maximum atomic E-state index is 14.2. The van der Waals surface area contributed by atoms with Gasteiger partial charge in [0.25, 0.3) is 11.8 Å². The second kappa shape index (κ2) is 12.0. The molecule has 2 amide bonds. The molecule has 6 rings (SSSR count). The number of anilines is 2. The van der Waals surface area contributed by atoms with Gasteiger partial charge in [0, 0.05) is 35.5 Å². The Kier molecular flexibility index (Phi) is 8.15. The van der Waals surface area contributed by atoms with Gasteiger partial charge in [-0.2, -0.15) is 0 Å². The molecule has 0 bridgehead atoms. The summed E-state index contributed by atoms with van der Waals surface area (Å²) in [5, 5.41) is 4.81. The lowest BCUT2D eigenvalue weighted by Crippen LogP contribution is -2.32. The maximum Gasteiger partial charge on any atom is 0.258 e. The minimum absolute atomic E-state index is 0.120. The number of thiophene rings is 2. The van der Waals surface area contributed by atoms with Gasteiger partial charge in [0.1, 0.15) is 16.8 Å². The van der Waals surface area contributed by atoms with Crippen molar-refractivity contribution in [1.29, 1.82) is 0 Å². The standard InChI is InChI=1S/C33H24ClF2N3O3S2/c1-17-14-23(31(34)37-18(17)2)32(41)38-21-8-6-19(7-9-21)33(42)39-12-10-20-15-28(44-29(20)30-26(39)11-13-43-30)27(40)16-22-24(35)4-3-5-25(22)36/h3-9,11,13-15H,10,12,16H2,1-2H3,(H,38,41). The van der Waals surface area contributed by atoms with Crippen molar-refractivity contribution in [2.75, 3.05) is 16.8 Å². The van der Waals surface area contributed by atoms with Gasteiger partial charge in [0.05, 0.1) is 25.9 Å². The lowest BCUT2D eigenvalue weighted by molar-refractivity contribution is 0.0981. The van der Waals surface area contributed by atoms with Crippen LogP contribution in [0, 0.1) is 25.5 Å². The number of aryl methyl sites for hydroxylation is 2. The third-order valence-electron chi connectivity index (χ3n) is 7.53. The number of fused-ring (bicyclic) bond motifs is 3. The van der Waals surface area contributed by atoms with E-state index in [-0.39, 0.29) is 34.4 Å². The topological polar surface area (TPSA) is 79.4 Å². The number of amides is 2. The first-order chi connectivity index (χ1) is 21.1.